The third-order valence-electron chi connectivity index (χ3n) is 3.77. The van der Waals surface area contributed by atoms with E-state index in [9.17, 15) is 0 Å². The number of amidine groups is 1. The van der Waals surface area contributed by atoms with Crippen molar-refractivity contribution in [1.82, 2.24) is 10.2 Å². The van der Waals surface area contributed by atoms with Crippen LogP contribution in [-0.4, -0.2) is 35.3 Å². The second kappa shape index (κ2) is 9.14. The third-order valence-corrected chi connectivity index (χ3v) is 4.35. The molecule has 0 saturated carbocycles. The largest absolute Gasteiger partial charge is 0.497 e. The Hall–Kier alpha value is -2.93. The number of hydrogen-bond donors (Lipinski definition) is 2. The van der Waals surface area contributed by atoms with E-state index in [4.69, 9.17) is 9.47 Å². The maximum atomic E-state index is 5.46. The SMILES string of the molecule is CCOc1ccc(NC(=Nc2cc(-c3cccc(OC)c3)[nH]n2)SC)cc1. The topological polar surface area (TPSA) is 71.5 Å². The summed E-state index contributed by atoms with van der Waals surface area (Å²) in [5.74, 6) is 2.26. The summed E-state index contributed by atoms with van der Waals surface area (Å²) in [5, 5.41) is 11.4. The number of H-pyrrole nitrogens is 1. The Balaban J connectivity index is 1.74. The van der Waals surface area contributed by atoms with E-state index < -0.39 is 0 Å². The lowest BCUT2D eigenvalue weighted by molar-refractivity contribution is 0.340. The summed E-state index contributed by atoms with van der Waals surface area (Å²) >= 11 is 1.52. The molecule has 6 nitrogen and oxygen atoms in total. The molecule has 0 unspecified atom stereocenters. The number of nitrogens with one attached hydrogen (secondary N) is 2. The molecule has 0 atom stereocenters. The van der Waals surface area contributed by atoms with Gasteiger partial charge in [-0.15, -0.1) is 0 Å². The van der Waals surface area contributed by atoms with Gasteiger partial charge in [-0.2, -0.15) is 5.10 Å². The first-order valence-electron chi connectivity index (χ1n) is 8.54. The number of benzene rings is 2. The van der Waals surface area contributed by atoms with Crippen LogP contribution in [0.2, 0.25) is 0 Å². The molecule has 3 aromatic rings. The lowest BCUT2D eigenvalue weighted by Crippen LogP contribution is -2.06. The van der Waals surface area contributed by atoms with Crippen molar-refractivity contribution >= 4 is 28.4 Å². The van der Waals surface area contributed by atoms with Crippen LogP contribution in [0.3, 0.4) is 0 Å². The molecule has 0 spiro atoms. The Kier molecular flexibility index (Phi) is 6.38. The summed E-state index contributed by atoms with van der Waals surface area (Å²) in [5.41, 5.74) is 2.82. The number of anilines is 1. The normalized spacial score (nSPS) is 11.3. The van der Waals surface area contributed by atoms with Gasteiger partial charge >= 0.3 is 0 Å². The minimum Gasteiger partial charge on any atom is -0.497 e. The smallest absolute Gasteiger partial charge is 0.176 e. The van der Waals surface area contributed by atoms with Gasteiger partial charge in [-0.25, -0.2) is 4.99 Å². The highest BCUT2D eigenvalue weighted by Gasteiger charge is 2.06. The Labute approximate surface area is 163 Å². The second-order valence-corrected chi connectivity index (χ2v) is 6.37. The van der Waals surface area contributed by atoms with Crippen molar-refractivity contribution in [2.75, 3.05) is 25.3 Å². The van der Waals surface area contributed by atoms with E-state index in [1.165, 1.54) is 11.8 Å². The van der Waals surface area contributed by atoms with Gasteiger partial charge < -0.3 is 14.8 Å². The summed E-state index contributed by atoms with van der Waals surface area (Å²) in [6, 6.07) is 17.5. The molecule has 0 bridgehead atoms. The van der Waals surface area contributed by atoms with Gasteiger partial charge in [0.2, 0.25) is 0 Å². The van der Waals surface area contributed by atoms with Crippen molar-refractivity contribution in [3.63, 3.8) is 0 Å². The highest BCUT2D eigenvalue weighted by atomic mass is 32.2. The average Bonchev–Trinajstić information content (AvgIpc) is 3.18. The van der Waals surface area contributed by atoms with E-state index in [1.807, 2.05) is 67.8 Å². The Morgan fingerprint density at radius 1 is 1.15 bits per heavy atom. The molecule has 1 heterocycles. The molecule has 7 heteroatoms. The number of aliphatic imine (C=N–C) groups is 1. The molecule has 2 aromatic carbocycles. The summed E-state index contributed by atoms with van der Waals surface area (Å²) in [6.07, 6.45) is 1.97. The van der Waals surface area contributed by atoms with Gasteiger partial charge in [-0.3, -0.25) is 5.10 Å². The first kappa shape index (κ1) is 18.8. The number of ether oxygens (including phenoxy) is 2. The third kappa shape index (κ3) is 5.04. The zero-order valence-corrected chi connectivity index (χ0v) is 16.3. The number of aromatic amines is 1. The van der Waals surface area contributed by atoms with Gasteiger partial charge in [0.1, 0.15) is 11.5 Å². The molecule has 0 aliphatic carbocycles. The number of aromatic nitrogens is 2. The van der Waals surface area contributed by atoms with E-state index in [2.05, 4.69) is 20.5 Å². The quantitative estimate of drug-likeness (QED) is 0.466. The maximum absolute atomic E-state index is 5.46. The fourth-order valence-electron chi connectivity index (χ4n) is 2.46. The van der Waals surface area contributed by atoms with Gasteiger partial charge in [0.05, 0.1) is 19.4 Å². The number of nitrogens with zero attached hydrogens (tertiary/aromatic N) is 2. The van der Waals surface area contributed by atoms with Crippen molar-refractivity contribution in [2.24, 2.45) is 4.99 Å². The maximum Gasteiger partial charge on any atom is 0.176 e. The van der Waals surface area contributed by atoms with Gasteiger partial charge in [0.15, 0.2) is 11.0 Å². The van der Waals surface area contributed by atoms with Crippen LogP contribution in [-0.2, 0) is 0 Å². The van der Waals surface area contributed by atoms with E-state index in [1.54, 1.807) is 7.11 Å². The minimum absolute atomic E-state index is 0.607. The number of rotatable bonds is 6. The van der Waals surface area contributed by atoms with Crippen LogP contribution >= 0.6 is 11.8 Å². The Bertz CT molecular complexity index is 906. The predicted octanol–water partition coefficient (Wildman–Crippen LogP) is 4.95. The summed E-state index contributed by atoms with van der Waals surface area (Å²) < 4.78 is 10.7. The number of thioether (sulfide) groups is 1. The lowest BCUT2D eigenvalue weighted by Gasteiger charge is -2.08. The molecule has 0 saturated heterocycles. The van der Waals surface area contributed by atoms with Crippen LogP contribution in [0.1, 0.15) is 6.92 Å². The van der Waals surface area contributed by atoms with Crippen molar-refractivity contribution in [2.45, 2.75) is 6.92 Å². The van der Waals surface area contributed by atoms with Crippen LogP contribution in [0.15, 0.2) is 59.6 Å². The molecule has 27 heavy (non-hydrogen) atoms. The van der Waals surface area contributed by atoms with E-state index in [0.717, 1.165) is 33.6 Å². The molecule has 1 aromatic heterocycles. The predicted molar refractivity (Wildman–Crippen MR) is 112 cm³/mol. The average molecular weight is 382 g/mol. The fraction of sp³-hybridized carbons (Fsp3) is 0.200. The van der Waals surface area contributed by atoms with E-state index in [0.29, 0.717) is 12.4 Å². The molecule has 0 fully saturated rings. The second-order valence-electron chi connectivity index (χ2n) is 5.58. The monoisotopic (exact) mass is 382 g/mol. The number of methoxy groups -OCH3 is 1. The zero-order valence-electron chi connectivity index (χ0n) is 15.5. The molecular formula is C20H22N4O2S. The van der Waals surface area contributed by atoms with E-state index in [-0.39, 0.29) is 0 Å². The van der Waals surface area contributed by atoms with Crippen molar-refractivity contribution < 1.29 is 9.47 Å². The van der Waals surface area contributed by atoms with Crippen LogP contribution < -0.4 is 14.8 Å². The first-order chi connectivity index (χ1) is 13.2. The van der Waals surface area contributed by atoms with Crippen molar-refractivity contribution in [1.29, 1.82) is 0 Å². The molecule has 140 valence electrons. The number of hydrogen-bond acceptors (Lipinski definition) is 5. The highest BCUT2D eigenvalue weighted by Crippen LogP contribution is 2.25. The molecule has 0 aliphatic rings. The fourth-order valence-corrected chi connectivity index (χ4v) is 2.86. The summed E-state index contributed by atoms with van der Waals surface area (Å²) in [7, 11) is 1.65. The molecule has 3 rings (SSSR count). The zero-order chi connectivity index (χ0) is 19.1. The van der Waals surface area contributed by atoms with Crippen molar-refractivity contribution in [3.05, 3.63) is 54.6 Å². The van der Waals surface area contributed by atoms with Gasteiger partial charge in [-0.1, -0.05) is 23.9 Å². The molecular weight excluding hydrogens is 360 g/mol. The van der Waals surface area contributed by atoms with Gasteiger partial charge in [0.25, 0.3) is 0 Å². The van der Waals surface area contributed by atoms with E-state index >= 15 is 0 Å². The van der Waals surface area contributed by atoms with Crippen LogP contribution in [0.4, 0.5) is 11.5 Å². The standard InChI is InChI=1S/C20H22N4O2S/c1-4-26-16-10-8-15(9-11-16)21-20(27-3)22-19-13-18(23-24-19)14-6-5-7-17(12-14)25-2/h5-13H,4H2,1-3H3,(H2,21,22,23,24). The molecule has 0 aliphatic heterocycles. The minimum atomic E-state index is 0.607. The summed E-state index contributed by atoms with van der Waals surface area (Å²) in [4.78, 5) is 4.58. The molecule has 0 amide bonds. The lowest BCUT2D eigenvalue weighted by atomic mass is 10.1. The summed E-state index contributed by atoms with van der Waals surface area (Å²) in [6.45, 7) is 2.62. The van der Waals surface area contributed by atoms with Crippen LogP contribution in [0.5, 0.6) is 11.5 Å². The molecule has 0 radical (unpaired) electrons. The first-order valence-corrected chi connectivity index (χ1v) is 9.76. The molecule has 2 N–H and O–H groups in total. The Morgan fingerprint density at radius 2 is 1.96 bits per heavy atom. The van der Waals surface area contributed by atoms with Gasteiger partial charge in [-0.05, 0) is 49.6 Å². The Morgan fingerprint density at radius 3 is 2.67 bits per heavy atom. The van der Waals surface area contributed by atoms with Crippen LogP contribution in [0.25, 0.3) is 11.3 Å². The van der Waals surface area contributed by atoms with Crippen molar-refractivity contribution in [3.8, 4) is 22.8 Å². The van der Waals surface area contributed by atoms with Gasteiger partial charge in [0, 0.05) is 17.3 Å². The van der Waals surface area contributed by atoms with Crippen LogP contribution in [0, 0.1) is 0 Å². The highest BCUT2D eigenvalue weighted by molar-refractivity contribution is 8.13.